The van der Waals surface area contributed by atoms with Gasteiger partial charge in [-0.1, -0.05) is 13.3 Å². The summed E-state index contributed by atoms with van der Waals surface area (Å²) in [6.07, 6.45) is 3.99. The molecule has 2 N–H and O–H groups in total. The Morgan fingerprint density at radius 1 is 1.47 bits per heavy atom. The van der Waals surface area contributed by atoms with Gasteiger partial charge in [-0.05, 0) is 19.3 Å². The van der Waals surface area contributed by atoms with Gasteiger partial charge in [0.1, 0.15) is 0 Å². The van der Waals surface area contributed by atoms with Crippen molar-refractivity contribution < 1.29 is 9.53 Å². The molecule has 4 heteroatoms. The zero-order valence-corrected chi connectivity index (χ0v) is 9.58. The number of hydrogen-bond acceptors (Lipinski definition) is 4. The van der Waals surface area contributed by atoms with Crippen LogP contribution in [0.3, 0.4) is 0 Å². The fourth-order valence-electron chi connectivity index (χ4n) is 1.67. The Labute approximate surface area is 91.8 Å². The van der Waals surface area contributed by atoms with Gasteiger partial charge in [-0.25, -0.2) is 0 Å². The predicted octanol–water partition coefficient (Wildman–Crippen LogP) is 0.753. The molecule has 0 amide bonds. The molecular formula is C11H22N2O2. The van der Waals surface area contributed by atoms with Gasteiger partial charge in [-0.2, -0.15) is 0 Å². The highest BCUT2D eigenvalue weighted by Gasteiger charge is 2.18. The molecular weight excluding hydrogens is 192 g/mol. The SMILES string of the molecule is CCCCOC(=O)CN1CCC(N)CC1. The van der Waals surface area contributed by atoms with E-state index in [0.717, 1.165) is 38.8 Å². The van der Waals surface area contributed by atoms with Crippen molar-refractivity contribution in [1.82, 2.24) is 4.90 Å². The van der Waals surface area contributed by atoms with Crippen molar-refractivity contribution in [3.05, 3.63) is 0 Å². The van der Waals surface area contributed by atoms with Gasteiger partial charge in [0.05, 0.1) is 13.2 Å². The Morgan fingerprint density at radius 2 is 2.13 bits per heavy atom. The molecule has 1 rings (SSSR count). The number of rotatable bonds is 5. The zero-order chi connectivity index (χ0) is 11.1. The number of likely N-dealkylation sites (tertiary alicyclic amines) is 1. The van der Waals surface area contributed by atoms with E-state index in [2.05, 4.69) is 11.8 Å². The van der Waals surface area contributed by atoms with Crippen LogP contribution in [-0.2, 0) is 9.53 Å². The molecule has 0 saturated carbocycles. The van der Waals surface area contributed by atoms with Gasteiger partial charge in [0.15, 0.2) is 0 Å². The van der Waals surface area contributed by atoms with E-state index in [4.69, 9.17) is 10.5 Å². The molecule has 0 radical (unpaired) electrons. The van der Waals surface area contributed by atoms with Crippen molar-refractivity contribution in [2.24, 2.45) is 5.73 Å². The summed E-state index contributed by atoms with van der Waals surface area (Å²) in [4.78, 5) is 13.5. The number of esters is 1. The molecule has 0 aliphatic carbocycles. The van der Waals surface area contributed by atoms with Crippen LogP contribution in [0.25, 0.3) is 0 Å². The first-order chi connectivity index (χ1) is 7.22. The van der Waals surface area contributed by atoms with Gasteiger partial charge in [-0.15, -0.1) is 0 Å². The predicted molar refractivity (Wildman–Crippen MR) is 59.5 cm³/mol. The summed E-state index contributed by atoms with van der Waals surface area (Å²) in [6, 6.07) is 0.317. The molecule has 0 atom stereocenters. The lowest BCUT2D eigenvalue weighted by atomic mass is 10.1. The molecule has 1 saturated heterocycles. The molecule has 0 aromatic heterocycles. The average molecular weight is 214 g/mol. The Morgan fingerprint density at radius 3 is 2.73 bits per heavy atom. The minimum atomic E-state index is -0.0982. The zero-order valence-electron chi connectivity index (χ0n) is 9.58. The number of ether oxygens (including phenoxy) is 1. The van der Waals surface area contributed by atoms with E-state index in [1.54, 1.807) is 0 Å². The van der Waals surface area contributed by atoms with E-state index in [1.807, 2.05) is 0 Å². The summed E-state index contributed by atoms with van der Waals surface area (Å²) in [5.74, 6) is -0.0982. The van der Waals surface area contributed by atoms with E-state index in [1.165, 1.54) is 0 Å². The maximum atomic E-state index is 11.4. The fraction of sp³-hybridized carbons (Fsp3) is 0.909. The van der Waals surface area contributed by atoms with E-state index in [0.29, 0.717) is 19.2 Å². The summed E-state index contributed by atoms with van der Waals surface area (Å²) in [7, 11) is 0. The molecule has 0 unspecified atom stereocenters. The van der Waals surface area contributed by atoms with Gasteiger partial charge in [0.25, 0.3) is 0 Å². The quantitative estimate of drug-likeness (QED) is 0.542. The number of nitrogens with two attached hydrogens (primary N) is 1. The van der Waals surface area contributed by atoms with E-state index < -0.39 is 0 Å². The largest absolute Gasteiger partial charge is 0.465 e. The third kappa shape index (κ3) is 5.14. The smallest absolute Gasteiger partial charge is 0.320 e. The Hall–Kier alpha value is -0.610. The molecule has 0 aromatic rings. The van der Waals surface area contributed by atoms with Gasteiger partial charge in [0.2, 0.25) is 0 Å². The van der Waals surface area contributed by atoms with Gasteiger partial charge in [-0.3, -0.25) is 9.69 Å². The number of nitrogens with zero attached hydrogens (tertiary/aromatic N) is 1. The lowest BCUT2D eigenvalue weighted by Crippen LogP contribution is -2.42. The average Bonchev–Trinajstić information content (AvgIpc) is 2.22. The lowest BCUT2D eigenvalue weighted by Gasteiger charge is -2.28. The maximum Gasteiger partial charge on any atom is 0.320 e. The first-order valence-corrected chi connectivity index (χ1v) is 5.86. The highest BCUT2D eigenvalue weighted by Crippen LogP contribution is 2.07. The summed E-state index contributed by atoms with van der Waals surface area (Å²) >= 11 is 0. The Kier molecular flexibility index (Phi) is 5.65. The maximum absolute atomic E-state index is 11.4. The van der Waals surface area contributed by atoms with Crippen LogP contribution in [0.4, 0.5) is 0 Å². The highest BCUT2D eigenvalue weighted by molar-refractivity contribution is 5.71. The molecule has 15 heavy (non-hydrogen) atoms. The van der Waals surface area contributed by atoms with Crippen LogP contribution in [-0.4, -0.2) is 43.2 Å². The van der Waals surface area contributed by atoms with Gasteiger partial charge in [0, 0.05) is 19.1 Å². The van der Waals surface area contributed by atoms with Crippen molar-refractivity contribution in [3.8, 4) is 0 Å². The van der Waals surface area contributed by atoms with Crippen molar-refractivity contribution in [1.29, 1.82) is 0 Å². The molecule has 4 nitrogen and oxygen atoms in total. The van der Waals surface area contributed by atoms with Gasteiger partial charge < -0.3 is 10.5 Å². The third-order valence-corrected chi connectivity index (χ3v) is 2.75. The van der Waals surface area contributed by atoms with Crippen molar-refractivity contribution in [3.63, 3.8) is 0 Å². The summed E-state index contributed by atoms with van der Waals surface area (Å²) in [6.45, 7) is 4.91. The normalized spacial score (nSPS) is 19.1. The second-order valence-corrected chi connectivity index (χ2v) is 4.19. The van der Waals surface area contributed by atoms with Crippen molar-refractivity contribution in [2.45, 2.75) is 38.6 Å². The van der Waals surface area contributed by atoms with Crippen LogP contribution < -0.4 is 5.73 Å². The van der Waals surface area contributed by atoms with Crippen LogP contribution in [0.2, 0.25) is 0 Å². The first kappa shape index (κ1) is 12.5. The molecule has 1 aliphatic heterocycles. The first-order valence-electron chi connectivity index (χ1n) is 5.86. The Balaban J connectivity index is 2.09. The molecule has 1 heterocycles. The second kappa shape index (κ2) is 6.80. The van der Waals surface area contributed by atoms with Crippen LogP contribution in [0.15, 0.2) is 0 Å². The number of hydrogen-bond donors (Lipinski definition) is 1. The van der Waals surface area contributed by atoms with Crippen LogP contribution in [0.5, 0.6) is 0 Å². The van der Waals surface area contributed by atoms with E-state index in [9.17, 15) is 4.79 Å². The molecule has 0 aromatic carbocycles. The molecule has 1 fully saturated rings. The summed E-state index contributed by atoms with van der Waals surface area (Å²) in [5.41, 5.74) is 5.78. The number of piperidine rings is 1. The third-order valence-electron chi connectivity index (χ3n) is 2.75. The summed E-state index contributed by atoms with van der Waals surface area (Å²) in [5, 5.41) is 0. The number of carbonyl (C=O) groups is 1. The van der Waals surface area contributed by atoms with E-state index in [-0.39, 0.29) is 5.97 Å². The monoisotopic (exact) mass is 214 g/mol. The number of unbranched alkanes of at least 4 members (excludes halogenated alkanes) is 1. The molecule has 0 spiro atoms. The highest BCUT2D eigenvalue weighted by atomic mass is 16.5. The topological polar surface area (TPSA) is 55.6 Å². The minimum Gasteiger partial charge on any atom is -0.465 e. The van der Waals surface area contributed by atoms with Crippen molar-refractivity contribution in [2.75, 3.05) is 26.2 Å². The van der Waals surface area contributed by atoms with Crippen molar-refractivity contribution >= 4 is 5.97 Å². The Bertz CT molecular complexity index is 189. The minimum absolute atomic E-state index is 0.0982. The van der Waals surface area contributed by atoms with Crippen LogP contribution in [0.1, 0.15) is 32.6 Å². The van der Waals surface area contributed by atoms with E-state index >= 15 is 0 Å². The van der Waals surface area contributed by atoms with Crippen LogP contribution in [0, 0.1) is 0 Å². The summed E-state index contributed by atoms with van der Waals surface area (Å²) < 4.78 is 5.10. The standard InChI is InChI=1S/C11H22N2O2/c1-2-3-8-15-11(14)9-13-6-4-10(12)5-7-13/h10H,2-9,12H2,1H3. The second-order valence-electron chi connectivity index (χ2n) is 4.19. The molecule has 1 aliphatic rings. The lowest BCUT2D eigenvalue weighted by molar-refractivity contribution is -0.145. The molecule has 0 bridgehead atoms. The van der Waals surface area contributed by atoms with Gasteiger partial charge >= 0.3 is 5.97 Å². The van der Waals surface area contributed by atoms with Crippen LogP contribution >= 0.6 is 0 Å². The molecule has 88 valence electrons. The fourth-order valence-corrected chi connectivity index (χ4v) is 1.67. The number of carbonyl (C=O) groups excluding carboxylic acids is 1.